The van der Waals surface area contributed by atoms with Crippen LogP contribution in [0.2, 0.25) is 0 Å². The number of carbonyl (C=O) groups excluding carboxylic acids is 1. The van der Waals surface area contributed by atoms with E-state index in [2.05, 4.69) is 22.2 Å². The Labute approximate surface area is 147 Å². The number of aromatic nitrogens is 3. The molecule has 4 rings (SSSR count). The molecule has 7 heteroatoms. The lowest BCUT2D eigenvalue weighted by atomic mass is 10.1. The summed E-state index contributed by atoms with van der Waals surface area (Å²) in [6.45, 7) is 0.566. The van der Waals surface area contributed by atoms with E-state index in [-0.39, 0.29) is 0 Å². The summed E-state index contributed by atoms with van der Waals surface area (Å²) in [5, 5.41) is 15.5. The summed E-state index contributed by atoms with van der Waals surface area (Å²) in [6.07, 6.45) is 3.70. The minimum atomic E-state index is -0.518. The first-order valence-corrected chi connectivity index (χ1v) is 8.47. The molecule has 124 valence electrons. The highest BCUT2D eigenvalue weighted by Crippen LogP contribution is 2.27. The van der Waals surface area contributed by atoms with Crippen LogP contribution in [0.5, 0.6) is 0 Å². The number of benzene rings is 1. The van der Waals surface area contributed by atoms with Crippen molar-refractivity contribution in [2.45, 2.75) is 6.54 Å². The summed E-state index contributed by atoms with van der Waals surface area (Å²) >= 11 is 1.28. The first-order valence-electron chi connectivity index (χ1n) is 7.65. The maximum atomic E-state index is 11.4. The summed E-state index contributed by atoms with van der Waals surface area (Å²) in [5.41, 5.74) is 3.38. The van der Waals surface area contributed by atoms with Gasteiger partial charge in [-0.1, -0.05) is 24.3 Å². The number of carbonyl (C=O) groups is 1. The normalized spacial score (nSPS) is 10.9. The van der Waals surface area contributed by atoms with Crippen molar-refractivity contribution < 1.29 is 10.0 Å². The number of hydrogen-bond acceptors (Lipinski definition) is 5. The second kappa shape index (κ2) is 6.46. The van der Waals surface area contributed by atoms with Crippen molar-refractivity contribution in [3.05, 3.63) is 71.5 Å². The van der Waals surface area contributed by atoms with E-state index in [1.54, 1.807) is 17.7 Å². The van der Waals surface area contributed by atoms with Crippen LogP contribution in [-0.4, -0.2) is 25.9 Å². The lowest BCUT2D eigenvalue weighted by Crippen LogP contribution is -2.16. The fourth-order valence-electron chi connectivity index (χ4n) is 2.70. The molecule has 0 unspecified atom stereocenters. The summed E-state index contributed by atoms with van der Waals surface area (Å²) in [5.74, 6) is -0.518. The molecule has 0 saturated heterocycles. The largest absolute Gasteiger partial charge is 0.288 e. The van der Waals surface area contributed by atoms with Crippen molar-refractivity contribution in [1.29, 1.82) is 0 Å². The smallest absolute Gasteiger partial charge is 0.284 e. The van der Waals surface area contributed by atoms with Crippen LogP contribution in [0.25, 0.3) is 21.3 Å². The number of thiophene rings is 1. The van der Waals surface area contributed by atoms with Crippen LogP contribution >= 0.6 is 11.3 Å². The molecular weight excluding hydrogens is 336 g/mol. The Morgan fingerprint density at radius 3 is 2.92 bits per heavy atom. The molecular formula is C18H14N4O2S. The van der Waals surface area contributed by atoms with E-state index >= 15 is 0 Å². The Kier molecular flexibility index (Phi) is 4.01. The van der Waals surface area contributed by atoms with Crippen molar-refractivity contribution in [3.63, 3.8) is 0 Å². The number of pyridine rings is 1. The van der Waals surface area contributed by atoms with E-state index in [1.807, 2.05) is 41.2 Å². The van der Waals surface area contributed by atoms with Gasteiger partial charge >= 0.3 is 0 Å². The molecule has 2 N–H and O–H groups in total. The fraction of sp³-hybridized carbons (Fsp3) is 0.0556. The Hall–Kier alpha value is -3.03. The second-order valence-corrected chi connectivity index (χ2v) is 6.57. The number of amides is 1. The molecule has 0 fully saturated rings. The summed E-state index contributed by atoms with van der Waals surface area (Å²) < 4.78 is 1.83. The summed E-state index contributed by atoms with van der Waals surface area (Å²) in [4.78, 5) is 17.2. The molecule has 25 heavy (non-hydrogen) atoms. The Balaban J connectivity index is 1.61. The number of hydroxylamine groups is 1. The maximum Gasteiger partial charge on any atom is 0.284 e. The molecule has 1 aromatic carbocycles. The highest BCUT2D eigenvalue weighted by Gasteiger charge is 2.11. The molecule has 6 nitrogen and oxygen atoms in total. The van der Waals surface area contributed by atoms with Crippen molar-refractivity contribution in [1.82, 2.24) is 20.2 Å². The van der Waals surface area contributed by atoms with Gasteiger partial charge in [-0.05, 0) is 29.7 Å². The van der Waals surface area contributed by atoms with Crippen LogP contribution in [0.15, 0.2) is 60.9 Å². The topological polar surface area (TPSA) is 80.0 Å². The molecule has 4 aromatic rings. The first-order chi connectivity index (χ1) is 12.2. The molecule has 0 bridgehead atoms. The number of hydrogen-bond donors (Lipinski definition) is 2. The number of rotatable bonds is 4. The van der Waals surface area contributed by atoms with Gasteiger partial charge in [0.15, 0.2) is 0 Å². The zero-order valence-electron chi connectivity index (χ0n) is 13.1. The van der Waals surface area contributed by atoms with Crippen LogP contribution in [0, 0.1) is 0 Å². The molecule has 1 amide bonds. The van der Waals surface area contributed by atoms with Crippen LogP contribution < -0.4 is 5.48 Å². The minimum absolute atomic E-state index is 0.433. The van der Waals surface area contributed by atoms with Gasteiger partial charge in [-0.25, -0.2) is 5.48 Å². The van der Waals surface area contributed by atoms with E-state index in [1.165, 1.54) is 11.3 Å². The van der Waals surface area contributed by atoms with Gasteiger partial charge in [0.25, 0.3) is 5.91 Å². The SMILES string of the molecule is O=C(NO)c1ccc(-c2ccn(Cc3nccc4ccccc34)n2)s1. The molecule has 3 aromatic heterocycles. The van der Waals surface area contributed by atoms with E-state index in [9.17, 15) is 4.79 Å². The van der Waals surface area contributed by atoms with E-state index in [0.29, 0.717) is 11.4 Å². The Morgan fingerprint density at radius 2 is 2.04 bits per heavy atom. The molecule has 0 spiro atoms. The summed E-state index contributed by atoms with van der Waals surface area (Å²) in [6, 6.07) is 15.5. The van der Waals surface area contributed by atoms with Crippen molar-refractivity contribution >= 4 is 28.0 Å². The zero-order valence-corrected chi connectivity index (χ0v) is 13.9. The van der Waals surface area contributed by atoms with E-state index in [0.717, 1.165) is 27.0 Å². The fourth-order valence-corrected chi connectivity index (χ4v) is 3.56. The molecule has 0 atom stereocenters. The van der Waals surface area contributed by atoms with Crippen molar-refractivity contribution in [2.24, 2.45) is 0 Å². The lowest BCUT2D eigenvalue weighted by Gasteiger charge is -2.05. The molecule has 0 radical (unpaired) electrons. The van der Waals surface area contributed by atoms with Crippen LogP contribution in [-0.2, 0) is 6.54 Å². The molecule has 0 aliphatic heterocycles. The third kappa shape index (κ3) is 3.02. The van der Waals surface area contributed by atoms with Gasteiger partial charge in [0, 0.05) is 17.8 Å². The van der Waals surface area contributed by atoms with Gasteiger partial charge in [-0.3, -0.25) is 19.7 Å². The molecule has 3 heterocycles. The predicted molar refractivity (Wildman–Crippen MR) is 95.6 cm³/mol. The van der Waals surface area contributed by atoms with Gasteiger partial charge in [0.05, 0.1) is 22.0 Å². The number of nitrogens with one attached hydrogen (secondary N) is 1. The highest BCUT2D eigenvalue weighted by atomic mass is 32.1. The average molecular weight is 350 g/mol. The Bertz CT molecular complexity index is 1050. The van der Waals surface area contributed by atoms with Crippen LogP contribution in [0.4, 0.5) is 0 Å². The number of nitrogens with zero attached hydrogens (tertiary/aromatic N) is 3. The third-order valence-electron chi connectivity index (χ3n) is 3.89. The van der Waals surface area contributed by atoms with Gasteiger partial charge in [0.1, 0.15) is 5.69 Å². The van der Waals surface area contributed by atoms with Gasteiger partial charge < -0.3 is 0 Å². The monoisotopic (exact) mass is 350 g/mol. The van der Waals surface area contributed by atoms with Crippen LogP contribution in [0.1, 0.15) is 15.4 Å². The maximum absolute atomic E-state index is 11.4. The minimum Gasteiger partial charge on any atom is -0.288 e. The first kappa shape index (κ1) is 15.5. The predicted octanol–water partition coefficient (Wildman–Crippen LogP) is 3.33. The lowest BCUT2D eigenvalue weighted by molar-refractivity contribution is 0.0711. The number of fused-ring (bicyclic) bond motifs is 1. The van der Waals surface area contributed by atoms with Gasteiger partial charge in [0.2, 0.25) is 0 Å². The van der Waals surface area contributed by atoms with Crippen molar-refractivity contribution in [2.75, 3.05) is 0 Å². The van der Waals surface area contributed by atoms with Crippen LogP contribution in [0.3, 0.4) is 0 Å². The second-order valence-electron chi connectivity index (χ2n) is 5.48. The van der Waals surface area contributed by atoms with Crippen molar-refractivity contribution in [3.8, 4) is 10.6 Å². The molecule has 0 aliphatic rings. The average Bonchev–Trinajstić information content (AvgIpc) is 3.31. The molecule has 0 saturated carbocycles. The standard InChI is InChI=1S/C18H14N4O2S/c23-18(21-24)17-6-5-16(25-17)14-8-10-22(20-14)11-15-13-4-2-1-3-12(13)7-9-19-15/h1-10,24H,11H2,(H,21,23). The highest BCUT2D eigenvalue weighted by molar-refractivity contribution is 7.17. The zero-order chi connectivity index (χ0) is 17.2. The van der Waals surface area contributed by atoms with Gasteiger partial charge in [-0.2, -0.15) is 5.10 Å². The van der Waals surface area contributed by atoms with E-state index in [4.69, 9.17) is 5.21 Å². The third-order valence-corrected chi connectivity index (χ3v) is 5.00. The summed E-state index contributed by atoms with van der Waals surface area (Å²) in [7, 11) is 0. The van der Waals surface area contributed by atoms with Gasteiger partial charge in [-0.15, -0.1) is 11.3 Å². The molecule has 0 aliphatic carbocycles. The Morgan fingerprint density at radius 1 is 1.16 bits per heavy atom. The van der Waals surface area contributed by atoms with E-state index < -0.39 is 5.91 Å². The quantitative estimate of drug-likeness (QED) is 0.437.